The predicted molar refractivity (Wildman–Crippen MR) is 137 cm³/mol. The Hall–Kier alpha value is -3.22. The highest BCUT2D eigenvalue weighted by molar-refractivity contribution is 6.31. The second-order valence-electron chi connectivity index (χ2n) is 8.27. The molecule has 2 aromatic heterocycles. The Balaban J connectivity index is 1.38. The zero-order valence-electron chi connectivity index (χ0n) is 19.2. The highest BCUT2D eigenvalue weighted by Gasteiger charge is 2.16. The summed E-state index contributed by atoms with van der Waals surface area (Å²) in [5.41, 5.74) is 4.92. The highest BCUT2D eigenvalue weighted by Crippen LogP contribution is 2.27. The minimum absolute atomic E-state index is 0.00234. The molecule has 0 spiro atoms. The van der Waals surface area contributed by atoms with E-state index in [2.05, 4.69) is 52.4 Å². The van der Waals surface area contributed by atoms with E-state index in [1.165, 1.54) is 5.56 Å². The van der Waals surface area contributed by atoms with Gasteiger partial charge in [0.2, 0.25) is 5.91 Å². The molecule has 33 heavy (non-hydrogen) atoms. The number of carbonyl (C=O) groups is 1. The van der Waals surface area contributed by atoms with Crippen LogP contribution in [0, 0.1) is 6.92 Å². The summed E-state index contributed by atoms with van der Waals surface area (Å²) in [4.78, 5) is 25.3. The van der Waals surface area contributed by atoms with Gasteiger partial charge in [-0.1, -0.05) is 23.7 Å². The molecule has 0 saturated heterocycles. The lowest BCUT2D eigenvalue weighted by Crippen LogP contribution is -2.37. The first kappa shape index (κ1) is 23.0. The Bertz CT molecular complexity index is 1290. The summed E-state index contributed by atoms with van der Waals surface area (Å²) in [6.07, 6.45) is 3.56. The fraction of sp³-hybridized carbons (Fsp3) is 0.269. The van der Waals surface area contributed by atoms with E-state index in [9.17, 15) is 4.79 Å². The molecule has 4 rings (SSSR count). The summed E-state index contributed by atoms with van der Waals surface area (Å²) in [5.74, 6) is 0.00234. The SMILES string of the molecule is CC(=O)N(CCN(C)CCNc1ccnc2cc(C)ccc12)c1ccnc2cc(Cl)ccc12. The zero-order valence-corrected chi connectivity index (χ0v) is 19.9. The summed E-state index contributed by atoms with van der Waals surface area (Å²) < 4.78 is 0. The smallest absolute Gasteiger partial charge is 0.223 e. The van der Waals surface area contributed by atoms with Gasteiger partial charge in [-0.05, 0) is 55.9 Å². The molecule has 170 valence electrons. The standard InChI is InChI=1S/C26H28ClN5O/c1-18-4-6-21-23(8-10-28-24(21)16-18)30-12-13-31(3)14-15-32(19(2)33)26-9-11-29-25-17-20(27)5-7-22(25)26/h4-11,16-17H,12-15H2,1-3H3,(H,28,30). The number of likely N-dealkylation sites (N-methyl/N-ethyl adjacent to an activating group) is 1. The van der Waals surface area contributed by atoms with Crippen molar-refractivity contribution in [2.75, 3.05) is 43.4 Å². The van der Waals surface area contributed by atoms with Gasteiger partial charge in [-0.3, -0.25) is 14.8 Å². The largest absolute Gasteiger partial charge is 0.383 e. The van der Waals surface area contributed by atoms with Gasteiger partial charge in [0, 0.05) is 67.0 Å². The van der Waals surface area contributed by atoms with Crippen molar-refractivity contribution in [3.63, 3.8) is 0 Å². The lowest BCUT2D eigenvalue weighted by Gasteiger charge is -2.26. The number of pyridine rings is 2. The molecule has 7 heteroatoms. The van der Waals surface area contributed by atoms with Crippen molar-refractivity contribution < 1.29 is 4.79 Å². The van der Waals surface area contributed by atoms with Crippen LogP contribution in [0.2, 0.25) is 5.02 Å². The maximum absolute atomic E-state index is 12.5. The number of fused-ring (bicyclic) bond motifs is 2. The zero-order chi connectivity index (χ0) is 23.4. The van der Waals surface area contributed by atoms with Crippen molar-refractivity contribution in [3.8, 4) is 0 Å². The van der Waals surface area contributed by atoms with Gasteiger partial charge in [-0.15, -0.1) is 0 Å². The van der Waals surface area contributed by atoms with E-state index in [-0.39, 0.29) is 5.91 Å². The Morgan fingerprint density at radius 1 is 0.939 bits per heavy atom. The molecule has 0 aliphatic carbocycles. The fourth-order valence-corrected chi connectivity index (χ4v) is 4.13. The van der Waals surface area contributed by atoms with Crippen LogP contribution in [0.4, 0.5) is 11.4 Å². The quantitative estimate of drug-likeness (QED) is 0.393. The van der Waals surface area contributed by atoms with Crippen LogP contribution in [0.25, 0.3) is 21.8 Å². The third kappa shape index (κ3) is 5.41. The van der Waals surface area contributed by atoms with E-state index in [1.807, 2.05) is 36.5 Å². The number of carbonyl (C=O) groups excluding carboxylic acids is 1. The Labute approximate surface area is 199 Å². The number of benzene rings is 2. The number of hydrogen-bond acceptors (Lipinski definition) is 5. The molecular formula is C26H28ClN5O. The number of rotatable bonds is 8. The Kier molecular flexibility index (Phi) is 7.06. The Morgan fingerprint density at radius 3 is 2.45 bits per heavy atom. The number of amides is 1. The normalized spacial score (nSPS) is 11.3. The third-order valence-electron chi connectivity index (χ3n) is 5.77. The van der Waals surface area contributed by atoms with Crippen molar-refractivity contribution >= 4 is 50.7 Å². The molecule has 1 N–H and O–H groups in total. The molecule has 4 aromatic rings. The van der Waals surface area contributed by atoms with Crippen LogP contribution < -0.4 is 10.2 Å². The van der Waals surface area contributed by atoms with Crippen LogP contribution in [0.5, 0.6) is 0 Å². The monoisotopic (exact) mass is 461 g/mol. The van der Waals surface area contributed by atoms with Crippen LogP contribution in [0.15, 0.2) is 60.9 Å². The van der Waals surface area contributed by atoms with Crippen LogP contribution in [0.3, 0.4) is 0 Å². The summed E-state index contributed by atoms with van der Waals surface area (Å²) in [5, 5.41) is 6.20. The van der Waals surface area contributed by atoms with Crippen LogP contribution in [-0.4, -0.2) is 54.0 Å². The molecule has 0 atom stereocenters. The number of nitrogens with one attached hydrogen (secondary N) is 1. The minimum Gasteiger partial charge on any atom is -0.383 e. The average Bonchev–Trinajstić information content (AvgIpc) is 2.78. The van der Waals surface area contributed by atoms with Crippen molar-refractivity contribution in [1.82, 2.24) is 14.9 Å². The van der Waals surface area contributed by atoms with Crippen molar-refractivity contribution in [3.05, 3.63) is 71.5 Å². The molecule has 6 nitrogen and oxygen atoms in total. The molecule has 0 fully saturated rings. The van der Waals surface area contributed by atoms with E-state index >= 15 is 0 Å². The van der Waals surface area contributed by atoms with Gasteiger partial charge in [0.1, 0.15) is 0 Å². The number of aromatic nitrogens is 2. The second-order valence-corrected chi connectivity index (χ2v) is 8.71. The molecule has 2 aromatic carbocycles. The number of anilines is 2. The average molecular weight is 462 g/mol. The number of nitrogens with zero attached hydrogens (tertiary/aromatic N) is 4. The van der Waals surface area contributed by atoms with Gasteiger partial charge in [0.05, 0.1) is 16.7 Å². The van der Waals surface area contributed by atoms with E-state index < -0.39 is 0 Å². The molecule has 1 amide bonds. The molecular weight excluding hydrogens is 434 g/mol. The van der Waals surface area contributed by atoms with Gasteiger partial charge >= 0.3 is 0 Å². The molecule has 2 heterocycles. The van der Waals surface area contributed by atoms with Gasteiger partial charge in [-0.25, -0.2) is 0 Å². The molecule has 0 unspecified atom stereocenters. The maximum Gasteiger partial charge on any atom is 0.223 e. The lowest BCUT2D eigenvalue weighted by atomic mass is 10.1. The maximum atomic E-state index is 12.5. The minimum atomic E-state index is 0.00234. The molecule has 0 radical (unpaired) electrons. The van der Waals surface area contributed by atoms with Gasteiger partial charge in [0.15, 0.2) is 0 Å². The fourth-order valence-electron chi connectivity index (χ4n) is 3.97. The Morgan fingerprint density at radius 2 is 1.67 bits per heavy atom. The number of aryl methyl sites for hydroxylation is 1. The molecule has 0 bridgehead atoms. The van der Waals surface area contributed by atoms with E-state index in [1.54, 1.807) is 18.0 Å². The summed E-state index contributed by atoms with van der Waals surface area (Å²) >= 11 is 6.11. The lowest BCUT2D eigenvalue weighted by molar-refractivity contribution is -0.116. The van der Waals surface area contributed by atoms with Crippen LogP contribution in [0.1, 0.15) is 12.5 Å². The number of hydrogen-bond donors (Lipinski definition) is 1. The van der Waals surface area contributed by atoms with Crippen LogP contribution >= 0.6 is 11.6 Å². The first-order chi connectivity index (χ1) is 15.9. The van der Waals surface area contributed by atoms with Crippen LogP contribution in [-0.2, 0) is 4.79 Å². The summed E-state index contributed by atoms with van der Waals surface area (Å²) in [7, 11) is 2.07. The van der Waals surface area contributed by atoms with Gasteiger partial charge < -0.3 is 15.1 Å². The van der Waals surface area contributed by atoms with E-state index in [0.29, 0.717) is 11.6 Å². The van der Waals surface area contributed by atoms with Crippen molar-refractivity contribution in [2.45, 2.75) is 13.8 Å². The predicted octanol–water partition coefficient (Wildman–Crippen LogP) is 5.14. The third-order valence-corrected chi connectivity index (χ3v) is 6.00. The second kappa shape index (κ2) is 10.1. The van der Waals surface area contributed by atoms with Crippen molar-refractivity contribution in [2.24, 2.45) is 0 Å². The molecule has 0 saturated carbocycles. The van der Waals surface area contributed by atoms with E-state index in [0.717, 1.165) is 52.8 Å². The topological polar surface area (TPSA) is 61.4 Å². The van der Waals surface area contributed by atoms with Crippen molar-refractivity contribution in [1.29, 1.82) is 0 Å². The first-order valence-corrected chi connectivity index (χ1v) is 11.4. The van der Waals surface area contributed by atoms with Gasteiger partial charge in [0.25, 0.3) is 0 Å². The first-order valence-electron chi connectivity index (χ1n) is 11.0. The summed E-state index contributed by atoms with van der Waals surface area (Å²) in [6, 6.07) is 15.8. The molecule has 0 aliphatic rings. The molecule has 0 aliphatic heterocycles. The number of halogens is 1. The highest BCUT2D eigenvalue weighted by atomic mass is 35.5. The van der Waals surface area contributed by atoms with Gasteiger partial charge in [-0.2, -0.15) is 0 Å². The summed E-state index contributed by atoms with van der Waals surface area (Å²) in [6.45, 7) is 6.64. The van der Waals surface area contributed by atoms with E-state index in [4.69, 9.17) is 11.6 Å².